The molecular weight excluding hydrogens is 248 g/mol. The molecule has 98 valence electrons. The minimum absolute atomic E-state index is 0.211. The average Bonchev–Trinajstić information content (AvgIpc) is 2.88. The van der Waals surface area contributed by atoms with E-state index in [-0.39, 0.29) is 10.6 Å². The predicted octanol–water partition coefficient (Wildman–Crippen LogP) is 3.92. The van der Waals surface area contributed by atoms with Crippen molar-refractivity contribution in [2.24, 2.45) is 5.92 Å². The molecule has 0 aliphatic heterocycles. The fraction of sp³-hybridized carbons (Fsp3) is 0.538. The molecule has 0 unspecified atom stereocenters. The van der Waals surface area contributed by atoms with Gasteiger partial charge in [0.2, 0.25) is 0 Å². The van der Waals surface area contributed by atoms with E-state index in [2.05, 4.69) is 5.32 Å². The highest BCUT2D eigenvalue weighted by Crippen LogP contribution is 2.38. The zero-order valence-corrected chi connectivity index (χ0v) is 11.3. The Bertz CT molecular complexity index is 431. The number of benzene rings is 1. The maximum absolute atomic E-state index is 11.1. The van der Waals surface area contributed by atoms with Crippen molar-refractivity contribution < 1.29 is 4.92 Å². The van der Waals surface area contributed by atoms with Crippen molar-refractivity contribution >= 4 is 23.1 Å². The summed E-state index contributed by atoms with van der Waals surface area (Å²) in [6.45, 7) is 0. The molecule has 0 saturated heterocycles. The minimum Gasteiger partial charge on any atom is -0.383 e. The van der Waals surface area contributed by atoms with Gasteiger partial charge in [0.1, 0.15) is 5.69 Å². The second kappa shape index (κ2) is 6.09. The third kappa shape index (κ3) is 2.96. The lowest BCUT2D eigenvalue weighted by atomic mass is 10.1. The first-order chi connectivity index (χ1) is 8.72. The molecule has 18 heavy (non-hydrogen) atoms. The largest absolute Gasteiger partial charge is 0.383 e. The van der Waals surface area contributed by atoms with E-state index < -0.39 is 0 Å². The SMILES string of the molecule is CNc1cccc(SCC2CCCC2)c1[N+](=O)[O-]. The van der Waals surface area contributed by atoms with E-state index in [0.717, 1.165) is 16.6 Å². The van der Waals surface area contributed by atoms with Crippen molar-refractivity contribution in [3.63, 3.8) is 0 Å². The second-order valence-corrected chi connectivity index (χ2v) is 5.68. The van der Waals surface area contributed by atoms with Gasteiger partial charge >= 0.3 is 5.69 Å². The molecule has 5 heteroatoms. The van der Waals surface area contributed by atoms with Gasteiger partial charge < -0.3 is 5.32 Å². The average molecular weight is 266 g/mol. The Kier molecular flexibility index (Phi) is 4.47. The van der Waals surface area contributed by atoms with Crippen molar-refractivity contribution in [3.05, 3.63) is 28.3 Å². The summed E-state index contributed by atoms with van der Waals surface area (Å²) in [4.78, 5) is 11.6. The summed E-state index contributed by atoms with van der Waals surface area (Å²) >= 11 is 1.62. The third-order valence-electron chi connectivity index (χ3n) is 3.40. The summed E-state index contributed by atoms with van der Waals surface area (Å²) < 4.78 is 0. The molecule has 1 N–H and O–H groups in total. The first-order valence-electron chi connectivity index (χ1n) is 6.30. The van der Waals surface area contributed by atoms with Crippen LogP contribution >= 0.6 is 11.8 Å². The molecule has 0 aromatic heterocycles. The third-order valence-corrected chi connectivity index (χ3v) is 4.68. The molecular formula is C13H18N2O2S. The van der Waals surface area contributed by atoms with Gasteiger partial charge in [0, 0.05) is 12.8 Å². The predicted molar refractivity (Wildman–Crippen MR) is 75.3 cm³/mol. The van der Waals surface area contributed by atoms with Crippen LogP contribution in [0.5, 0.6) is 0 Å². The smallest absolute Gasteiger partial charge is 0.305 e. The molecule has 1 saturated carbocycles. The Balaban J connectivity index is 2.13. The lowest BCUT2D eigenvalue weighted by Gasteiger charge is -2.10. The summed E-state index contributed by atoms with van der Waals surface area (Å²) in [5.74, 6) is 1.72. The molecule has 1 aromatic carbocycles. The van der Waals surface area contributed by atoms with Crippen LogP contribution in [0.15, 0.2) is 23.1 Å². The molecule has 4 nitrogen and oxygen atoms in total. The Morgan fingerprint density at radius 2 is 2.17 bits per heavy atom. The maximum atomic E-state index is 11.1. The number of nitro benzene ring substituents is 1. The van der Waals surface area contributed by atoms with E-state index in [1.165, 1.54) is 25.7 Å². The lowest BCUT2D eigenvalue weighted by Crippen LogP contribution is -2.00. The lowest BCUT2D eigenvalue weighted by molar-refractivity contribution is -0.386. The molecule has 0 heterocycles. The number of para-hydroxylation sites is 1. The van der Waals surface area contributed by atoms with Crippen molar-refractivity contribution in [1.29, 1.82) is 0 Å². The van der Waals surface area contributed by atoms with Gasteiger partial charge in [0.05, 0.1) is 9.82 Å². The monoisotopic (exact) mass is 266 g/mol. The van der Waals surface area contributed by atoms with Gasteiger partial charge in [-0.05, 0) is 30.9 Å². The number of nitrogens with one attached hydrogen (secondary N) is 1. The topological polar surface area (TPSA) is 55.2 Å². The van der Waals surface area contributed by atoms with E-state index in [9.17, 15) is 10.1 Å². The Morgan fingerprint density at radius 3 is 2.78 bits per heavy atom. The van der Waals surface area contributed by atoms with Gasteiger partial charge in [-0.1, -0.05) is 18.9 Å². The van der Waals surface area contributed by atoms with E-state index in [1.807, 2.05) is 12.1 Å². The molecule has 1 aliphatic rings. The summed E-state index contributed by atoms with van der Waals surface area (Å²) in [6, 6.07) is 5.46. The molecule has 0 radical (unpaired) electrons. The van der Waals surface area contributed by atoms with Crippen molar-refractivity contribution in [2.75, 3.05) is 18.1 Å². The first-order valence-corrected chi connectivity index (χ1v) is 7.29. The van der Waals surface area contributed by atoms with Gasteiger partial charge in [0.15, 0.2) is 0 Å². The fourth-order valence-corrected chi connectivity index (χ4v) is 3.66. The van der Waals surface area contributed by atoms with Crippen LogP contribution in [0.2, 0.25) is 0 Å². The van der Waals surface area contributed by atoms with E-state index in [4.69, 9.17) is 0 Å². The molecule has 1 aromatic rings. The van der Waals surface area contributed by atoms with Crippen molar-refractivity contribution in [3.8, 4) is 0 Å². The van der Waals surface area contributed by atoms with Gasteiger partial charge in [-0.15, -0.1) is 11.8 Å². The molecule has 1 fully saturated rings. The zero-order chi connectivity index (χ0) is 13.0. The maximum Gasteiger partial charge on any atom is 0.305 e. The van der Waals surface area contributed by atoms with Crippen LogP contribution in [0.3, 0.4) is 0 Å². The number of rotatable bonds is 5. The second-order valence-electron chi connectivity index (χ2n) is 4.62. The number of thioether (sulfide) groups is 1. The summed E-state index contributed by atoms with van der Waals surface area (Å²) in [5, 5.41) is 14.0. The summed E-state index contributed by atoms with van der Waals surface area (Å²) in [6.07, 6.45) is 5.16. The van der Waals surface area contributed by atoms with Crippen molar-refractivity contribution in [2.45, 2.75) is 30.6 Å². The van der Waals surface area contributed by atoms with Gasteiger partial charge in [0.25, 0.3) is 0 Å². The Labute approximate surface area is 111 Å². The highest BCUT2D eigenvalue weighted by atomic mass is 32.2. The first kappa shape index (κ1) is 13.2. The molecule has 0 bridgehead atoms. The van der Waals surface area contributed by atoms with Crippen LogP contribution in [0.1, 0.15) is 25.7 Å². The quantitative estimate of drug-likeness (QED) is 0.498. The molecule has 0 amide bonds. The van der Waals surface area contributed by atoms with E-state index in [0.29, 0.717) is 5.69 Å². The Hall–Kier alpha value is -1.23. The van der Waals surface area contributed by atoms with E-state index in [1.54, 1.807) is 24.9 Å². The van der Waals surface area contributed by atoms with Crippen LogP contribution in [0.4, 0.5) is 11.4 Å². The Morgan fingerprint density at radius 1 is 1.44 bits per heavy atom. The summed E-state index contributed by atoms with van der Waals surface area (Å²) in [7, 11) is 1.72. The number of anilines is 1. The fourth-order valence-electron chi connectivity index (χ4n) is 2.41. The van der Waals surface area contributed by atoms with Crippen LogP contribution in [0.25, 0.3) is 0 Å². The molecule has 0 atom stereocenters. The van der Waals surface area contributed by atoms with Gasteiger partial charge in [-0.25, -0.2) is 0 Å². The standard InChI is InChI=1S/C13H18N2O2S/c1-14-11-7-4-8-12(13(11)15(16)17)18-9-10-5-2-3-6-10/h4,7-8,10,14H,2-3,5-6,9H2,1H3. The van der Waals surface area contributed by atoms with Crippen LogP contribution < -0.4 is 5.32 Å². The molecule has 0 spiro atoms. The summed E-state index contributed by atoms with van der Waals surface area (Å²) in [5.41, 5.74) is 0.805. The van der Waals surface area contributed by atoms with Gasteiger partial charge in [-0.3, -0.25) is 10.1 Å². The zero-order valence-electron chi connectivity index (χ0n) is 10.5. The molecule has 1 aliphatic carbocycles. The molecule has 2 rings (SSSR count). The van der Waals surface area contributed by atoms with Crippen LogP contribution in [-0.2, 0) is 0 Å². The number of hydrogen-bond donors (Lipinski definition) is 1. The highest BCUT2D eigenvalue weighted by molar-refractivity contribution is 7.99. The number of hydrogen-bond acceptors (Lipinski definition) is 4. The van der Waals surface area contributed by atoms with E-state index >= 15 is 0 Å². The van der Waals surface area contributed by atoms with Crippen LogP contribution in [0, 0.1) is 16.0 Å². The van der Waals surface area contributed by atoms with Crippen molar-refractivity contribution in [1.82, 2.24) is 0 Å². The number of nitro groups is 1. The normalized spacial score (nSPS) is 15.8. The van der Waals surface area contributed by atoms with Crippen LogP contribution in [-0.4, -0.2) is 17.7 Å². The minimum atomic E-state index is -0.289. The van der Waals surface area contributed by atoms with Gasteiger partial charge in [-0.2, -0.15) is 0 Å². The number of nitrogens with zero attached hydrogens (tertiary/aromatic N) is 1. The highest BCUT2D eigenvalue weighted by Gasteiger charge is 2.21.